The van der Waals surface area contributed by atoms with Crippen LogP contribution in [0.25, 0.3) is 0 Å². The van der Waals surface area contributed by atoms with Gasteiger partial charge in [0, 0.05) is 6.54 Å². The zero-order valence-corrected chi connectivity index (χ0v) is 8.62. The molecule has 1 aliphatic rings. The minimum Gasteiger partial charge on any atom is -0.494 e. The molecule has 1 aromatic carbocycles. The van der Waals surface area contributed by atoms with E-state index < -0.39 is 0 Å². The van der Waals surface area contributed by atoms with E-state index >= 15 is 0 Å². The van der Waals surface area contributed by atoms with Crippen LogP contribution in [0.2, 0.25) is 0 Å². The SMILES string of the molecule is CCOc1ccc([C@@H]2CNC(=O)N2)cc1. The number of carbonyl (C=O) groups excluding carboxylic acids is 1. The standard InChI is InChI=1S/C11H14N2O2/c1-2-15-9-5-3-8(4-6-9)10-7-12-11(14)13-10/h3-6,10H,2,7H2,1H3,(H2,12,13,14)/t10-/m0/s1. The van der Waals surface area contributed by atoms with Gasteiger partial charge in [0.15, 0.2) is 0 Å². The number of nitrogens with one attached hydrogen (secondary N) is 2. The summed E-state index contributed by atoms with van der Waals surface area (Å²) in [7, 11) is 0. The molecule has 2 rings (SSSR count). The van der Waals surface area contributed by atoms with Gasteiger partial charge in [-0.25, -0.2) is 4.79 Å². The molecule has 2 N–H and O–H groups in total. The molecule has 1 aromatic rings. The number of amides is 2. The number of benzene rings is 1. The van der Waals surface area contributed by atoms with E-state index in [4.69, 9.17) is 4.74 Å². The largest absolute Gasteiger partial charge is 0.494 e. The maximum absolute atomic E-state index is 10.9. The van der Waals surface area contributed by atoms with Gasteiger partial charge in [-0.2, -0.15) is 0 Å². The van der Waals surface area contributed by atoms with Crippen molar-refractivity contribution in [2.45, 2.75) is 13.0 Å². The Morgan fingerprint density at radius 3 is 2.67 bits per heavy atom. The van der Waals surface area contributed by atoms with Crippen molar-refractivity contribution in [2.75, 3.05) is 13.2 Å². The van der Waals surface area contributed by atoms with Gasteiger partial charge in [0.2, 0.25) is 0 Å². The molecule has 1 saturated heterocycles. The van der Waals surface area contributed by atoms with Crippen molar-refractivity contribution in [3.05, 3.63) is 29.8 Å². The molecule has 0 radical (unpaired) electrons. The third-order valence-corrected chi connectivity index (χ3v) is 2.37. The monoisotopic (exact) mass is 206 g/mol. The molecule has 0 spiro atoms. The number of carbonyl (C=O) groups is 1. The highest BCUT2D eigenvalue weighted by Crippen LogP contribution is 2.19. The molecule has 15 heavy (non-hydrogen) atoms. The van der Waals surface area contributed by atoms with Gasteiger partial charge in [0.25, 0.3) is 0 Å². The zero-order valence-electron chi connectivity index (χ0n) is 8.62. The van der Waals surface area contributed by atoms with Crippen LogP contribution >= 0.6 is 0 Å². The molecule has 4 nitrogen and oxygen atoms in total. The lowest BCUT2D eigenvalue weighted by Crippen LogP contribution is -2.21. The van der Waals surface area contributed by atoms with E-state index in [0.29, 0.717) is 13.2 Å². The van der Waals surface area contributed by atoms with Crippen LogP contribution in [0, 0.1) is 0 Å². The fourth-order valence-electron chi connectivity index (χ4n) is 1.62. The summed E-state index contributed by atoms with van der Waals surface area (Å²) in [6, 6.07) is 7.76. The second-order valence-corrected chi connectivity index (χ2v) is 3.41. The first-order chi connectivity index (χ1) is 7.29. The maximum Gasteiger partial charge on any atom is 0.315 e. The quantitative estimate of drug-likeness (QED) is 0.786. The van der Waals surface area contributed by atoms with Crippen molar-refractivity contribution < 1.29 is 9.53 Å². The molecular formula is C11H14N2O2. The van der Waals surface area contributed by atoms with E-state index in [0.717, 1.165) is 11.3 Å². The zero-order chi connectivity index (χ0) is 10.7. The summed E-state index contributed by atoms with van der Waals surface area (Å²) in [4.78, 5) is 10.9. The van der Waals surface area contributed by atoms with Crippen LogP contribution in [0.5, 0.6) is 5.75 Å². The van der Waals surface area contributed by atoms with Crippen LogP contribution in [-0.4, -0.2) is 19.2 Å². The predicted octanol–water partition coefficient (Wildman–Crippen LogP) is 1.44. The summed E-state index contributed by atoms with van der Waals surface area (Å²) in [6.07, 6.45) is 0. The Bertz CT molecular complexity index is 348. The van der Waals surface area contributed by atoms with Crippen molar-refractivity contribution in [1.82, 2.24) is 10.6 Å². The van der Waals surface area contributed by atoms with Crippen LogP contribution in [0.4, 0.5) is 4.79 Å². The fourth-order valence-corrected chi connectivity index (χ4v) is 1.62. The number of hydrogen-bond acceptors (Lipinski definition) is 2. The number of hydrogen-bond donors (Lipinski definition) is 2. The predicted molar refractivity (Wildman–Crippen MR) is 56.9 cm³/mol. The van der Waals surface area contributed by atoms with Crippen LogP contribution in [0.1, 0.15) is 18.5 Å². The van der Waals surface area contributed by atoms with Crippen LogP contribution < -0.4 is 15.4 Å². The van der Waals surface area contributed by atoms with Crippen molar-refractivity contribution in [2.24, 2.45) is 0 Å². The molecule has 0 saturated carbocycles. The van der Waals surface area contributed by atoms with E-state index in [1.807, 2.05) is 31.2 Å². The Hall–Kier alpha value is -1.71. The number of urea groups is 1. The summed E-state index contributed by atoms with van der Waals surface area (Å²) in [5.74, 6) is 0.860. The number of ether oxygens (including phenoxy) is 1. The molecule has 0 bridgehead atoms. The Kier molecular flexibility index (Phi) is 2.76. The number of rotatable bonds is 3. The summed E-state index contributed by atoms with van der Waals surface area (Å²) in [5, 5.41) is 5.56. The summed E-state index contributed by atoms with van der Waals surface area (Å²) >= 11 is 0. The average Bonchev–Trinajstić information content (AvgIpc) is 2.67. The Labute approximate surface area is 88.6 Å². The van der Waals surface area contributed by atoms with E-state index in [1.54, 1.807) is 0 Å². The van der Waals surface area contributed by atoms with Crippen LogP contribution in [0.3, 0.4) is 0 Å². The second-order valence-electron chi connectivity index (χ2n) is 3.41. The van der Waals surface area contributed by atoms with Crippen molar-refractivity contribution in [3.8, 4) is 5.75 Å². The van der Waals surface area contributed by atoms with Crippen molar-refractivity contribution in [1.29, 1.82) is 0 Å². The topological polar surface area (TPSA) is 50.4 Å². The Balaban J connectivity index is 2.06. The highest BCUT2D eigenvalue weighted by atomic mass is 16.5. The first-order valence-corrected chi connectivity index (χ1v) is 5.06. The lowest BCUT2D eigenvalue weighted by atomic mass is 10.1. The first-order valence-electron chi connectivity index (χ1n) is 5.06. The van der Waals surface area contributed by atoms with E-state index in [1.165, 1.54) is 0 Å². The van der Waals surface area contributed by atoms with E-state index in [9.17, 15) is 4.79 Å². The first kappa shape index (κ1) is 9.83. The normalized spacial score (nSPS) is 19.5. The highest BCUT2D eigenvalue weighted by Gasteiger charge is 2.20. The van der Waals surface area contributed by atoms with Gasteiger partial charge >= 0.3 is 6.03 Å². The molecule has 1 heterocycles. The molecule has 1 aliphatic heterocycles. The Morgan fingerprint density at radius 1 is 1.40 bits per heavy atom. The highest BCUT2D eigenvalue weighted by molar-refractivity contribution is 5.76. The molecule has 1 atom stereocenters. The minimum absolute atomic E-state index is 0.0770. The van der Waals surface area contributed by atoms with Gasteiger partial charge in [0.1, 0.15) is 5.75 Å². The maximum atomic E-state index is 10.9. The third kappa shape index (κ3) is 2.21. The van der Waals surface area contributed by atoms with Crippen LogP contribution in [-0.2, 0) is 0 Å². The van der Waals surface area contributed by atoms with Crippen molar-refractivity contribution >= 4 is 6.03 Å². The Morgan fingerprint density at radius 2 is 2.13 bits per heavy atom. The second kappa shape index (κ2) is 4.21. The lowest BCUT2D eigenvalue weighted by Gasteiger charge is -2.09. The minimum atomic E-state index is -0.103. The summed E-state index contributed by atoms with van der Waals surface area (Å²) in [5.41, 5.74) is 1.09. The van der Waals surface area contributed by atoms with Gasteiger partial charge in [0.05, 0.1) is 12.6 Å². The van der Waals surface area contributed by atoms with E-state index in [2.05, 4.69) is 10.6 Å². The van der Waals surface area contributed by atoms with Gasteiger partial charge in [-0.15, -0.1) is 0 Å². The summed E-state index contributed by atoms with van der Waals surface area (Å²) in [6.45, 7) is 3.27. The molecular weight excluding hydrogens is 192 g/mol. The molecule has 0 aliphatic carbocycles. The smallest absolute Gasteiger partial charge is 0.315 e. The van der Waals surface area contributed by atoms with Gasteiger partial charge < -0.3 is 15.4 Å². The molecule has 1 fully saturated rings. The van der Waals surface area contributed by atoms with Gasteiger partial charge in [-0.05, 0) is 24.6 Å². The molecule has 4 heteroatoms. The molecule has 0 aromatic heterocycles. The van der Waals surface area contributed by atoms with Crippen LogP contribution in [0.15, 0.2) is 24.3 Å². The third-order valence-electron chi connectivity index (χ3n) is 2.37. The van der Waals surface area contributed by atoms with Gasteiger partial charge in [-0.1, -0.05) is 12.1 Å². The molecule has 0 unspecified atom stereocenters. The fraction of sp³-hybridized carbons (Fsp3) is 0.364. The lowest BCUT2D eigenvalue weighted by molar-refractivity contribution is 0.247. The van der Waals surface area contributed by atoms with E-state index in [-0.39, 0.29) is 12.1 Å². The molecule has 80 valence electrons. The summed E-state index contributed by atoms with van der Waals surface area (Å²) < 4.78 is 5.34. The van der Waals surface area contributed by atoms with Gasteiger partial charge in [-0.3, -0.25) is 0 Å². The average molecular weight is 206 g/mol. The molecule has 2 amide bonds. The van der Waals surface area contributed by atoms with Crippen molar-refractivity contribution in [3.63, 3.8) is 0 Å².